The van der Waals surface area contributed by atoms with Gasteiger partial charge in [0, 0.05) is 6.04 Å². The van der Waals surface area contributed by atoms with Crippen LogP contribution in [0, 0.1) is 5.92 Å². The first-order valence-electron chi connectivity index (χ1n) is 7.89. The Bertz CT molecular complexity index is 362. The Balaban J connectivity index is 1.88. The Hall–Kier alpha value is -1.26. The third-order valence-corrected chi connectivity index (χ3v) is 4.62. The number of carboxylic acids is 1. The van der Waals surface area contributed by atoms with Crippen molar-refractivity contribution >= 4 is 12.0 Å². The number of carboxylic acid groups (broad SMARTS) is 1. The molecule has 2 saturated carbocycles. The molecule has 5 nitrogen and oxygen atoms in total. The summed E-state index contributed by atoms with van der Waals surface area (Å²) in [5, 5.41) is 15.2. The first kappa shape index (κ1) is 15.1. The predicted octanol–water partition coefficient (Wildman–Crippen LogP) is 2.65. The van der Waals surface area contributed by atoms with E-state index in [1.54, 1.807) is 0 Å². The van der Waals surface area contributed by atoms with Crippen molar-refractivity contribution in [3.8, 4) is 0 Å². The highest BCUT2D eigenvalue weighted by atomic mass is 16.4. The molecule has 0 radical (unpaired) electrons. The van der Waals surface area contributed by atoms with Gasteiger partial charge >= 0.3 is 12.0 Å². The monoisotopic (exact) mass is 282 g/mol. The fourth-order valence-electron chi connectivity index (χ4n) is 3.26. The normalized spacial score (nSPS) is 28.2. The van der Waals surface area contributed by atoms with Crippen LogP contribution in [-0.4, -0.2) is 28.7 Å². The van der Waals surface area contributed by atoms with Crippen molar-refractivity contribution in [2.75, 3.05) is 0 Å². The maximum absolute atomic E-state index is 12.0. The van der Waals surface area contributed by atoms with Crippen LogP contribution in [0.5, 0.6) is 0 Å². The zero-order valence-electron chi connectivity index (χ0n) is 12.3. The van der Waals surface area contributed by atoms with Gasteiger partial charge in [-0.15, -0.1) is 0 Å². The molecule has 0 spiro atoms. The molecule has 2 unspecified atom stereocenters. The molecule has 0 aromatic carbocycles. The molecule has 0 saturated heterocycles. The molecule has 0 aromatic rings. The predicted molar refractivity (Wildman–Crippen MR) is 76.5 cm³/mol. The van der Waals surface area contributed by atoms with Crippen molar-refractivity contribution in [1.82, 2.24) is 10.6 Å². The molecule has 2 fully saturated rings. The highest BCUT2D eigenvalue weighted by Crippen LogP contribution is 2.34. The van der Waals surface area contributed by atoms with E-state index in [1.807, 2.05) is 0 Å². The molecule has 114 valence electrons. The van der Waals surface area contributed by atoms with Gasteiger partial charge < -0.3 is 15.7 Å². The molecule has 2 rings (SSSR count). The molecule has 2 amide bonds. The SMILES string of the molecule is CCCC1CC1NC(=O)NC1(C(=O)O)CCCCCC1. The Kier molecular flexibility index (Phi) is 4.89. The molecular weight excluding hydrogens is 256 g/mol. The Morgan fingerprint density at radius 2 is 1.85 bits per heavy atom. The van der Waals surface area contributed by atoms with Crippen molar-refractivity contribution in [3.63, 3.8) is 0 Å². The molecule has 20 heavy (non-hydrogen) atoms. The largest absolute Gasteiger partial charge is 0.480 e. The van der Waals surface area contributed by atoms with Gasteiger partial charge in [-0.25, -0.2) is 9.59 Å². The zero-order valence-corrected chi connectivity index (χ0v) is 12.3. The van der Waals surface area contributed by atoms with Gasteiger partial charge in [0.1, 0.15) is 5.54 Å². The van der Waals surface area contributed by atoms with Gasteiger partial charge in [0.15, 0.2) is 0 Å². The zero-order chi connectivity index (χ0) is 14.6. The summed E-state index contributed by atoms with van der Waals surface area (Å²) in [6, 6.07) is -0.0653. The lowest BCUT2D eigenvalue weighted by molar-refractivity contribution is -0.145. The molecule has 0 bridgehead atoms. The van der Waals surface area contributed by atoms with Crippen LogP contribution in [0.3, 0.4) is 0 Å². The van der Waals surface area contributed by atoms with Crippen molar-refractivity contribution < 1.29 is 14.7 Å². The fourth-order valence-corrected chi connectivity index (χ4v) is 3.26. The van der Waals surface area contributed by atoms with Crippen LogP contribution >= 0.6 is 0 Å². The first-order valence-corrected chi connectivity index (χ1v) is 7.89. The number of rotatable bonds is 5. The molecule has 0 heterocycles. The molecule has 2 aliphatic rings. The summed E-state index contributed by atoms with van der Waals surface area (Å²) >= 11 is 0. The minimum Gasteiger partial charge on any atom is -0.480 e. The van der Waals surface area contributed by atoms with Gasteiger partial charge in [0.2, 0.25) is 0 Å². The minimum atomic E-state index is -1.06. The number of hydrogen-bond acceptors (Lipinski definition) is 2. The summed E-state index contributed by atoms with van der Waals surface area (Å²) in [5.74, 6) is -0.309. The van der Waals surface area contributed by atoms with E-state index in [0.717, 1.165) is 44.9 Å². The van der Waals surface area contributed by atoms with Crippen LogP contribution in [0.25, 0.3) is 0 Å². The van der Waals surface area contributed by atoms with E-state index < -0.39 is 11.5 Å². The molecule has 0 aliphatic heterocycles. The molecule has 2 atom stereocenters. The summed E-state index contributed by atoms with van der Waals surface area (Å²) in [4.78, 5) is 23.6. The van der Waals surface area contributed by atoms with Crippen molar-refractivity contribution in [2.45, 2.75) is 76.3 Å². The van der Waals surface area contributed by atoms with E-state index in [0.29, 0.717) is 18.8 Å². The second kappa shape index (κ2) is 6.46. The van der Waals surface area contributed by atoms with Gasteiger partial charge in [-0.1, -0.05) is 39.0 Å². The number of carbonyl (C=O) groups is 2. The van der Waals surface area contributed by atoms with E-state index in [1.165, 1.54) is 0 Å². The Morgan fingerprint density at radius 1 is 1.20 bits per heavy atom. The van der Waals surface area contributed by atoms with Crippen molar-refractivity contribution in [2.24, 2.45) is 5.92 Å². The smallest absolute Gasteiger partial charge is 0.329 e. The number of carbonyl (C=O) groups excluding carboxylic acids is 1. The van der Waals surface area contributed by atoms with Crippen LogP contribution in [-0.2, 0) is 4.79 Å². The van der Waals surface area contributed by atoms with Crippen molar-refractivity contribution in [1.29, 1.82) is 0 Å². The maximum atomic E-state index is 12.0. The Morgan fingerprint density at radius 3 is 2.40 bits per heavy atom. The topological polar surface area (TPSA) is 78.4 Å². The number of amides is 2. The number of aliphatic carboxylic acids is 1. The maximum Gasteiger partial charge on any atom is 0.329 e. The number of hydrogen-bond donors (Lipinski definition) is 3. The van der Waals surface area contributed by atoms with Gasteiger partial charge in [0.25, 0.3) is 0 Å². The van der Waals surface area contributed by atoms with E-state index in [9.17, 15) is 14.7 Å². The summed E-state index contributed by atoms with van der Waals surface area (Å²) in [7, 11) is 0. The van der Waals surface area contributed by atoms with Crippen LogP contribution in [0.4, 0.5) is 4.79 Å². The Labute approximate surface area is 120 Å². The lowest BCUT2D eigenvalue weighted by Crippen LogP contribution is -2.57. The van der Waals surface area contributed by atoms with Crippen LogP contribution < -0.4 is 10.6 Å². The minimum absolute atomic E-state index is 0.242. The second-order valence-corrected chi connectivity index (χ2v) is 6.29. The van der Waals surface area contributed by atoms with Crippen LogP contribution in [0.2, 0.25) is 0 Å². The standard InChI is InChI=1S/C15H26N2O3/c1-2-7-11-10-12(11)16-14(20)17-15(13(18)19)8-5-3-4-6-9-15/h11-12H,2-10H2,1H3,(H,18,19)(H2,16,17,20). The van der Waals surface area contributed by atoms with E-state index >= 15 is 0 Å². The van der Waals surface area contributed by atoms with Crippen molar-refractivity contribution in [3.05, 3.63) is 0 Å². The quantitative estimate of drug-likeness (QED) is 0.678. The highest BCUT2D eigenvalue weighted by Gasteiger charge is 2.42. The van der Waals surface area contributed by atoms with Gasteiger partial charge in [0.05, 0.1) is 0 Å². The highest BCUT2D eigenvalue weighted by molar-refractivity contribution is 5.86. The van der Waals surface area contributed by atoms with E-state index in [-0.39, 0.29) is 12.1 Å². The summed E-state index contributed by atoms with van der Waals surface area (Å²) in [5.41, 5.74) is -1.06. The fraction of sp³-hybridized carbons (Fsp3) is 0.867. The molecule has 0 aromatic heterocycles. The van der Waals surface area contributed by atoms with E-state index in [2.05, 4.69) is 17.6 Å². The van der Waals surface area contributed by atoms with Gasteiger partial charge in [-0.05, 0) is 31.6 Å². The third-order valence-electron chi connectivity index (χ3n) is 4.62. The lowest BCUT2D eigenvalue weighted by atomic mass is 9.90. The first-order chi connectivity index (χ1) is 9.57. The summed E-state index contributed by atoms with van der Waals surface area (Å²) < 4.78 is 0. The van der Waals surface area contributed by atoms with E-state index in [4.69, 9.17) is 0 Å². The summed E-state index contributed by atoms with van der Waals surface area (Å²) in [6.07, 6.45) is 8.22. The van der Waals surface area contributed by atoms with Crippen LogP contribution in [0.15, 0.2) is 0 Å². The number of urea groups is 1. The third kappa shape index (κ3) is 3.64. The molecule has 5 heteroatoms. The molecule has 3 N–H and O–H groups in total. The number of nitrogens with one attached hydrogen (secondary N) is 2. The lowest BCUT2D eigenvalue weighted by Gasteiger charge is -2.29. The van der Waals surface area contributed by atoms with Gasteiger partial charge in [-0.3, -0.25) is 0 Å². The average Bonchev–Trinajstić information content (AvgIpc) is 3.14. The van der Waals surface area contributed by atoms with Gasteiger partial charge in [-0.2, -0.15) is 0 Å². The van der Waals surface area contributed by atoms with Crippen LogP contribution in [0.1, 0.15) is 64.7 Å². The second-order valence-electron chi connectivity index (χ2n) is 6.29. The molecule has 2 aliphatic carbocycles. The summed E-state index contributed by atoms with van der Waals surface area (Å²) in [6.45, 7) is 2.14. The molecular formula is C15H26N2O3. The average molecular weight is 282 g/mol.